The van der Waals surface area contributed by atoms with Gasteiger partial charge in [-0.1, -0.05) is 59.0 Å². The molecule has 2 aromatic heterocycles. The second kappa shape index (κ2) is 8.13. The highest BCUT2D eigenvalue weighted by molar-refractivity contribution is 7.16. The van der Waals surface area contributed by atoms with E-state index in [1.54, 1.807) is 6.20 Å². The molecule has 2 heterocycles. The van der Waals surface area contributed by atoms with Crippen molar-refractivity contribution in [2.45, 2.75) is 41.5 Å². The Hall–Kier alpha value is -1.42. The summed E-state index contributed by atoms with van der Waals surface area (Å²) in [7, 11) is 0. The maximum Gasteiger partial charge on any atom is 0.187 e. The molecule has 0 radical (unpaired) electrons. The molecule has 116 valence electrons. The second-order valence-electron chi connectivity index (χ2n) is 6.30. The van der Waals surface area contributed by atoms with E-state index in [0.29, 0.717) is 16.6 Å². The Morgan fingerprint density at radius 2 is 1.81 bits per heavy atom. The lowest BCUT2D eigenvalue weighted by molar-refractivity contribution is 0.505. The third-order valence-electron chi connectivity index (χ3n) is 3.04. The van der Waals surface area contributed by atoms with Crippen molar-refractivity contribution in [1.29, 1.82) is 5.41 Å². The molecule has 0 aromatic carbocycles. The van der Waals surface area contributed by atoms with Gasteiger partial charge in [-0.25, -0.2) is 0 Å². The lowest BCUT2D eigenvalue weighted by atomic mass is 9.98. The van der Waals surface area contributed by atoms with Crippen molar-refractivity contribution >= 4 is 27.8 Å². The average molecular weight is 305 g/mol. The van der Waals surface area contributed by atoms with Crippen LogP contribution in [0.5, 0.6) is 0 Å². The van der Waals surface area contributed by atoms with E-state index in [4.69, 9.17) is 5.41 Å². The molecule has 0 aliphatic rings. The molecule has 3 nitrogen and oxygen atoms in total. The standard InChI is InChI=1S/C13H17N3S.C4H10/c1-9(2)10(3)5-7-16-11-8-15-6-4-12(11)17-13(16)14;1-4(2)3/h4-10,14H,1-3H3;4H,1-3H3/b7-5-,14-13?;. The van der Waals surface area contributed by atoms with Crippen LogP contribution >= 0.6 is 11.3 Å². The van der Waals surface area contributed by atoms with Gasteiger partial charge in [0.2, 0.25) is 0 Å². The first kappa shape index (κ1) is 17.6. The Morgan fingerprint density at radius 1 is 1.19 bits per heavy atom. The molecule has 0 saturated heterocycles. The van der Waals surface area contributed by atoms with Gasteiger partial charge in [-0.2, -0.15) is 0 Å². The number of allylic oxidation sites excluding steroid dienone is 1. The molecule has 0 amide bonds. The number of pyridine rings is 1. The van der Waals surface area contributed by atoms with E-state index in [0.717, 1.165) is 16.1 Å². The van der Waals surface area contributed by atoms with Crippen LogP contribution in [-0.4, -0.2) is 9.55 Å². The maximum atomic E-state index is 7.95. The quantitative estimate of drug-likeness (QED) is 0.851. The Kier molecular flexibility index (Phi) is 6.82. The zero-order valence-corrected chi connectivity index (χ0v) is 14.7. The van der Waals surface area contributed by atoms with E-state index in [1.165, 1.54) is 11.3 Å². The van der Waals surface area contributed by atoms with E-state index >= 15 is 0 Å². The summed E-state index contributed by atoms with van der Waals surface area (Å²) in [4.78, 5) is 4.66. The highest BCUT2D eigenvalue weighted by Gasteiger charge is 2.04. The number of thiazole rings is 1. The molecule has 21 heavy (non-hydrogen) atoms. The van der Waals surface area contributed by atoms with Crippen molar-refractivity contribution in [3.8, 4) is 0 Å². The van der Waals surface area contributed by atoms with E-state index in [1.807, 2.05) is 23.0 Å². The predicted octanol–water partition coefficient (Wildman–Crippen LogP) is 5.00. The zero-order chi connectivity index (χ0) is 16.0. The summed E-state index contributed by atoms with van der Waals surface area (Å²) in [5, 5.41) is 7.95. The van der Waals surface area contributed by atoms with Gasteiger partial charge in [0.05, 0.1) is 16.4 Å². The van der Waals surface area contributed by atoms with Crippen LogP contribution in [0.4, 0.5) is 0 Å². The first-order chi connectivity index (χ1) is 9.82. The molecule has 0 fully saturated rings. The SMILES string of the molecule is CC(C)C.CC(C)C(C)/C=C\n1c(=N)sc2ccncc21. The fraction of sp³-hybridized carbons (Fsp3) is 0.529. The molecule has 0 bridgehead atoms. The lowest BCUT2D eigenvalue weighted by Gasteiger charge is -2.09. The first-order valence-corrected chi connectivity index (χ1v) is 8.32. The van der Waals surface area contributed by atoms with E-state index in [9.17, 15) is 0 Å². The van der Waals surface area contributed by atoms with Crippen LogP contribution in [0, 0.1) is 23.2 Å². The van der Waals surface area contributed by atoms with Gasteiger partial charge < -0.3 is 0 Å². The molecular formula is C17H27N3S. The van der Waals surface area contributed by atoms with E-state index in [2.05, 4.69) is 52.6 Å². The second-order valence-corrected chi connectivity index (χ2v) is 7.33. The minimum atomic E-state index is 0.508. The number of nitrogens with zero attached hydrogens (tertiary/aromatic N) is 2. The summed E-state index contributed by atoms with van der Waals surface area (Å²) in [5.74, 6) is 1.96. The van der Waals surface area contributed by atoms with E-state index < -0.39 is 0 Å². The summed E-state index contributed by atoms with van der Waals surface area (Å²) >= 11 is 1.48. The first-order valence-electron chi connectivity index (χ1n) is 7.50. The monoisotopic (exact) mass is 305 g/mol. The maximum absolute atomic E-state index is 7.95. The Morgan fingerprint density at radius 3 is 2.38 bits per heavy atom. The Balaban J connectivity index is 0.000000491. The van der Waals surface area contributed by atoms with Gasteiger partial charge in [-0.05, 0) is 23.8 Å². The van der Waals surface area contributed by atoms with Crippen LogP contribution < -0.4 is 4.80 Å². The fourth-order valence-corrected chi connectivity index (χ4v) is 2.35. The van der Waals surface area contributed by atoms with Gasteiger partial charge in [-0.15, -0.1) is 0 Å². The van der Waals surface area contributed by atoms with E-state index in [-0.39, 0.29) is 0 Å². The van der Waals surface area contributed by atoms with Crippen molar-refractivity contribution in [3.05, 3.63) is 29.3 Å². The molecule has 1 atom stereocenters. The largest absolute Gasteiger partial charge is 0.291 e. The van der Waals surface area contributed by atoms with Crippen molar-refractivity contribution in [2.75, 3.05) is 0 Å². The summed E-state index contributed by atoms with van der Waals surface area (Å²) in [6.07, 6.45) is 7.73. The summed E-state index contributed by atoms with van der Waals surface area (Å²) in [6.45, 7) is 13.1. The van der Waals surface area contributed by atoms with Crippen LogP contribution in [0.3, 0.4) is 0 Å². The smallest absolute Gasteiger partial charge is 0.187 e. The Labute approximate surface area is 131 Å². The third kappa shape index (κ3) is 5.46. The van der Waals surface area contributed by atoms with Crippen molar-refractivity contribution in [3.63, 3.8) is 0 Å². The highest BCUT2D eigenvalue weighted by Crippen LogP contribution is 2.17. The van der Waals surface area contributed by atoms with Crippen molar-refractivity contribution in [1.82, 2.24) is 9.55 Å². The number of aromatic nitrogens is 2. The van der Waals surface area contributed by atoms with Crippen molar-refractivity contribution in [2.24, 2.45) is 17.8 Å². The fourth-order valence-electron chi connectivity index (χ4n) is 1.50. The molecule has 0 saturated carbocycles. The normalized spacial score (nSPS) is 13.0. The summed E-state index contributed by atoms with van der Waals surface area (Å²) < 4.78 is 3.00. The van der Waals surface area contributed by atoms with Crippen LogP contribution in [0.25, 0.3) is 16.4 Å². The van der Waals surface area contributed by atoms with Gasteiger partial charge in [0.15, 0.2) is 4.80 Å². The summed E-state index contributed by atoms with van der Waals surface area (Å²) in [6, 6.07) is 1.95. The number of hydrogen-bond donors (Lipinski definition) is 1. The average Bonchev–Trinajstić information content (AvgIpc) is 2.70. The van der Waals surface area contributed by atoms with Gasteiger partial charge in [0.25, 0.3) is 0 Å². The van der Waals surface area contributed by atoms with Crippen molar-refractivity contribution < 1.29 is 0 Å². The van der Waals surface area contributed by atoms with Gasteiger partial charge in [0, 0.05) is 12.4 Å². The molecule has 2 rings (SSSR count). The molecular weight excluding hydrogens is 278 g/mol. The number of fused-ring (bicyclic) bond motifs is 1. The van der Waals surface area contributed by atoms with Crippen LogP contribution in [0.15, 0.2) is 24.5 Å². The lowest BCUT2D eigenvalue weighted by Crippen LogP contribution is -2.07. The van der Waals surface area contributed by atoms with Gasteiger partial charge in [0.1, 0.15) is 0 Å². The third-order valence-corrected chi connectivity index (χ3v) is 3.99. The number of nitrogens with one attached hydrogen (secondary N) is 1. The van der Waals surface area contributed by atoms with Gasteiger partial charge in [-0.3, -0.25) is 15.0 Å². The highest BCUT2D eigenvalue weighted by atomic mass is 32.1. The minimum absolute atomic E-state index is 0.508. The van der Waals surface area contributed by atoms with Gasteiger partial charge >= 0.3 is 0 Å². The molecule has 4 heteroatoms. The zero-order valence-electron chi connectivity index (χ0n) is 13.9. The molecule has 1 N–H and O–H groups in total. The molecule has 2 aromatic rings. The number of hydrogen-bond acceptors (Lipinski definition) is 3. The topological polar surface area (TPSA) is 41.7 Å². The Bertz CT molecular complexity index is 632. The molecule has 0 aliphatic heterocycles. The number of rotatable bonds is 3. The minimum Gasteiger partial charge on any atom is -0.291 e. The summed E-state index contributed by atoms with van der Waals surface area (Å²) in [5.41, 5.74) is 1.01. The molecule has 0 spiro atoms. The van der Waals surface area contributed by atoms with Crippen LogP contribution in [0.1, 0.15) is 41.5 Å². The van der Waals surface area contributed by atoms with Crippen LogP contribution in [0.2, 0.25) is 0 Å². The predicted molar refractivity (Wildman–Crippen MR) is 93.3 cm³/mol. The molecule has 1 unspecified atom stereocenters. The van der Waals surface area contributed by atoms with Crippen LogP contribution in [-0.2, 0) is 0 Å². The molecule has 0 aliphatic carbocycles.